The second-order valence-electron chi connectivity index (χ2n) is 2.27. The summed E-state index contributed by atoms with van der Waals surface area (Å²) in [5.74, 6) is 0. The molecule has 0 heterocycles. The average molecular weight is 126 g/mol. The molecule has 2 N–H and O–H groups in total. The lowest BCUT2D eigenvalue weighted by Gasteiger charge is -1.96. The normalized spacial score (nSPS) is 10.1. The lowest BCUT2D eigenvalue weighted by molar-refractivity contribution is 1.09. The highest BCUT2D eigenvalue weighted by Gasteiger charge is 1.86. The fourth-order valence-corrected chi connectivity index (χ4v) is 0.348. The molecule has 0 amide bonds. The monoisotopic (exact) mass is 126 g/mol. The molecule has 0 spiro atoms. The standard InChI is InChI=1S/C7H14N2/c1-6(2)7(3)4-9-5-8/h5H,4H2,1-3H3,(H2,8,9). The SMILES string of the molecule is CC(C)=C(C)CN=CN. The first-order valence-corrected chi connectivity index (χ1v) is 3.01. The summed E-state index contributed by atoms with van der Waals surface area (Å²) in [4.78, 5) is 3.89. The molecule has 0 aromatic rings. The van der Waals surface area contributed by atoms with E-state index in [0.29, 0.717) is 0 Å². The lowest BCUT2D eigenvalue weighted by Crippen LogP contribution is -1.92. The Kier molecular flexibility index (Phi) is 3.76. The topological polar surface area (TPSA) is 38.4 Å². The Balaban J connectivity index is 3.77. The van der Waals surface area contributed by atoms with Crippen LogP contribution in [0.25, 0.3) is 0 Å². The van der Waals surface area contributed by atoms with E-state index in [2.05, 4.69) is 25.8 Å². The van der Waals surface area contributed by atoms with Gasteiger partial charge in [-0.05, 0) is 20.8 Å². The summed E-state index contributed by atoms with van der Waals surface area (Å²) in [5.41, 5.74) is 7.67. The number of hydrogen-bond donors (Lipinski definition) is 1. The Morgan fingerprint density at radius 3 is 2.33 bits per heavy atom. The van der Waals surface area contributed by atoms with E-state index < -0.39 is 0 Å². The van der Waals surface area contributed by atoms with Gasteiger partial charge in [0.1, 0.15) is 0 Å². The summed E-state index contributed by atoms with van der Waals surface area (Å²) < 4.78 is 0. The van der Waals surface area contributed by atoms with Gasteiger partial charge in [0, 0.05) is 0 Å². The Morgan fingerprint density at radius 2 is 2.00 bits per heavy atom. The maximum atomic E-state index is 5.06. The van der Waals surface area contributed by atoms with Gasteiger partial charge in [0.25, 0.3) is 0 Å². The molecule has 0 fully saturated rings. The van der Waals surface area contributed by atoms with Gasteiger partial charge in [-0.25, -0.2) is 0 Å². The summed E-state index contributed by atoms with van der Waals surface area (Å²) in [6.07, 6.45) is 1.34. The van der Waals surface area contributed by atoms with Crippen molar-refractivity contribution in [2.75, 3.05) is 6.54 Å². The minimum absolute atomic E-state index is 0.735. The molecule has 0 aliphatic carbocycles. The van der Waals surface area contributed by atoms with Crippen molar-refractivity contribution in [3.8, 4) is 0 Å². The Labute approximate surface area is 56.5 Å². The maximum Gasteiger partial charge on any atom is 0.0801 e. The third-order valence-electron chi connectivity index (χ3n) is 1.29. The number of aliphatic imine (C=N–C) groups is 1. The van der Waals surface area contributed by atoms with Gasteiger partial charge < -0.3 is 5.73 Å². The molecule has 0 aliphatic rings. The van der Waals surface area contributed by atoms with E-state index in [0.717, 1.165) is 6.54 Å². The Morgan fingerprint density at radius 1 is 1.44 bits per heavy atom. The van der Waals surface area contributed by atoms with Crippen molar-refractivity contribution in [1.29, 1.82) is 0 Å². The van der Waals surface area contributed by atoms with Gasteiger partial charge >= 0.3 is 0 Å². The van der Waals surface area contributed by atoms with Gasteiger partial charge in [-0.1, -0.05) is 11.1 Å². The Hall–Kier alpha value is -0.790. The molecule has 9 heavy (non-hydrogen) atoms. The molecule has 0 saturated heterocycles. The molecule has 0 saturated carbocycles. The zero-order valence-electron chi connectivity index (χ0n) is 6.31. The van der Waals surface area contributed by atoms with Gasteiger partial charge in [-0.15, -0.1) is 0 Å². The van der Waals surface area contributed by atoms with Gasteiger partial charge in [0.2, 0.25) is 0 Å². The summed E-state index contributed by atoms with van der Waals surface area (Å²) in [6.45, 7) is 6.93. The largest absolute Gasteiger partial charge is 0.390 e. The highest BCUT2D eigenvalue weighted by Crippen LogP contribution is 2.00. The van der Waals surface area contributed by atoms with Crippen molar-refractivity contribution in [1.82, 2.24) is 0 Å². The second-order valence-corrected chi connectivity index (χ2v) is 2.27. The van der Waals surface area contributed by atoms with Gasteiger partial charge in [0.15, 0.2) is 0 Å². The van der Waals surface area contributed by atoms with E-state index >= 15 is 0 Å². The highest BCUT2D eigenvalue weighted by atomic mass is 14.8. The molecule has 0 aliphatic heterocycles. The van der Waals surface area contributed by atoms with E-state index in [1.165, 1.54) is 17.5 Å². The molecule has 0 bridgehead atoms. The smallest absolute Gasteiger partial charge is 0.0801 e. The van der Waals surface area contributed by atoms with Gasteiger partial charge in [0.05, 0.1) is 12.9 Å². The van der Waals surface area contributed by atoms with Crippen LogP contribution in [0, 0.1) is 0 Å². The molecule has 52 valence electrons. The number of nitrogens with two attached hydrogens (primary N) is 1. The quantitative estimate of drug-likeness (QED) is 0.338. The fraction of sp³-hybridized carbons (Fsp3) is 0.571. The van der Waals surface area contributed by atoms with Crippen molar-refractivity contribution >= 4 is 6.34 Å². The Bertz CT molecular complexity index is 130. The predicted octanol–water partition coefficient (Wildman–Crippen LogP) is 1.33. The van der Waals surface area contributed by atoms with E-state index in [-0.39, 0.29) is 0 Å². The molecule has 0 rings (SSSR count). The minimum Gasteiger partial charge on any atom is -0.390 e. The van der Waals surface area contributed by atoms with Crippen LogP contribution in [0.4, 0.5) is 0 Å². The number of hydrogen-bond acceptors (Lipinski definition) is 1. The molecule has 0 aromatic heterocycles. The number of nitrogens with zero attached hydrogens (tertiary/aromatic N) is 1. The average Bonchev–Trinajstić information content (AvgIpc) is 1.82. The molecule has 2 heteroatoms. The highest BCUT2D eigenvalue weighted by molar-refractivity contribution is 5.51. The summed E-state index contributed by atoms with van der Waals surface area (Å²) in [5, 5.41) is 0. The van der Waals surface area contributed by atoms with Crippen molar-refractivity contribution in [3.63, 3.8) is 0 Å². The third-order valence-corrected chi connectivity index (χ3v) is 1.29. The van der Waals surface area contributed by atoms with E-state index in [9.17, 15) is 0 Å². The summed E-state index contributed by atoms with van der Waals surface area (Å²) >= 11 is 0. The van der Waals surface area contributed by atoms with Crippen molar-refractivity contribution in [3.05, 3.63) is 11.1 Å². The molecule has 2 nitrogen and oxygen atoms in total. The van der Waals surface area contributed by atoms with Crippen LogP contribution >= 0.6 is 0 Å². The predicted molar refractivity (Wildman–Crippen MR) is 41.6 cm³/mol. The summed E-state index contributed by atoms with van der Waals surface area (Å²) in [6, 6.07) is 0. The van der Waals surface area contributed by atoms with Crippen LogP contribution in [0.2, 0.25) is 0 Å². The van der Waals surface area contributed by atoms with Crippen LogP contribution in [0.1, 0.15) is 20.8 Å². The molecular formula is C7H14N2. The first kappa shape index (κ1) is 8.21. The third kappa shape index (κ3) is 3.76. The zero-order chi connectivity index (χ0) is 7.28. The van der Waals surface area contributed by atoms with Gasteiger partial charge in [-0.3, -0.25) is 4.99 Å². The van der Waals surface area contributed by atoms with Gasteiger partial charge in [-0.2, -0.15) is 0 Å². The first-order valence-electron chi connectivity index (χ1n) is 3.01. The van der Waals surface area contributed by atoms with Crippen LogP contribution in [0.15, 0.2) is 16.1 Å². The molecule has 0 atom stereocenters. The van der Waals surface area contributed by atoms with E-state index in [1.807, 2.05) is 0 Å². The first-order chi connectivity index (χ1) is 4.18. The number of rotatable bonds is 2. The lowest BCUT2D eigenvalue weighted by atomic mass is 10.2. The molecule has 0 radical (unpaired) electrons. The maximum absolute atomic E-state index is 5.06. The van der Waals surface area contributed by atoms with Crippen molar-refractivity contribution in [2.24, 2.45) is 10.7 Å². The van der Waals surface area contributed by atoms with Crippen LogP contribution < -0.4 is 5.73 Å². The fourth-order valence-electron chi connectivity index (χ4n) is 0.348. The van der Waals surface area contributed by atoms with Crippen LogP contribution in [-0.4, -0.2) is 12.9 Å². The molecule has 0 aromatic carbocycles. The van der Waals surface area contributed by atoms with E-state index in [1.54, 1.807) is 0 Å². The zero-order valence-corrected chi connectivity index (χ0v) is 6.31. The van der Waals surface area contributed by atoms with Crippen LogP contribution in [0.3, 0.4) is 0 Å². The molecule has 0 unspecified atom stereocenters. The minimum atomic E-state index is 0.735. The summed E-state index contributed by atoms with van der Waals surface area (Å²) in [7, 11) is 0. The molecular weight excluding hydrogens is 112 g/mol. The van der Waals surface area contributed by atoms with E-state index in [4.69, 9.17) is 5.73 Å². The van der Waals surface area contributed by atoms with Crippen molar-refractivity contribution in [2.45, 2.75) is 20.8 Å². The van der Waals surface area contributed by atoms with Crippen LogP contribution in [0.5, 0.6) is 0 Å². The van der Waals surface area contributed by atoms with Crippen LogP contribution in [-0.2, 0) is 0 Å². The van der Waals surface area contributed by atoms with Crippen molar-refractivity contribution < 1.29 is 0 Å². The second kappa shape index (κ2) is 4.13. The number of allylic oxidation sites excluding steroid dienone is 1.